The summed E-state index contributed by atoms with van der Waals surface area (Å²) in [5.41, 5.74) is -0.415. The van der Waals surface area contributed by atoms with Gasteiger partial charge in [0, 0.05) is 37.7 Å². The quantitative estimate of drug-likeness (QED) is 0.0950. The summed E-state index contributed by atoms with van der Waals surface area (Å²) in [6.45, 7) is 11.1. The zero-order valence-corrected chi connectivity index (χ0v) is 17.7. The molecule has 21 heavy (non-hydrogen) atoms. The summed E-state index contributed by atoms with van der Waals surface area (Å²) >= 11 is 0.137. The van der Waals surface area contributed by atoms with E-state index in [0.717, 1.165) is 19.4 Å². The minimum Gasteiger partial charge on any atom is 0 e. The van der Waals surface area contributed by atoms with Gasteiger partial charge >= 0.3 is 135 Å². The minimum absolute atomic E-state index is 0. The van der Waals surface area contributed by atoms with Gasteiger partial charge in [0.05, 0.1) is 0 Å². The van der Waals surface area contributed by atoms with Gasteiger partial charge in [-0.05, 0) is 0 Å². The Morgan fingerprint density at radius 1 is 1.10 bits per heavy atom. The molecule has 0 aromatic carbocycles. The van der Waals surface area contributed by atoms with Crippen LogP contribution in [0.15, 0.2) is 0 Å². The average molecular weight is 563 g/mol. The maximum Gasteiger partial charge on any atom is 0 e. The predicted octanol–water partition coefficient (Wildman–Crippen LogP) is 0.279. The van der Waals surface area contributed by atoms with Crippen LogP contribution in [0.4, 0.5) is 4.79 Å². The third kappa shape index (κ3) is 21.2. The van der Waals surface area contributed by atoms with E-state index in [2.05, 4.69) is 15.8 Å². The van der Waals surface area contributed by atoms with Crippen molar-refractivity contribution in [3.05, 3.63) is 6.92 Å². The van der Waals surface area contributed by atoms with Crippen LogP contribution >= 0.6 is 0 Å². The van der Waals surface area contributed by atoms with Crippen molar-refractivity contribution in [2.24, 2.45) is 0 Å². The number of carbonyl (C=O) groups is 1. The summed E-state index contributed by atoms with van der Waals surface area (Å²) in [6.07, 6.45) is 6.98. The number of nitrogens with one attached hydrogen (secondary N) is 2. The van der Waals surface area contributed by atoms with Crippen molar-refractivity contribution in [1.82, 2.24) is 8.85 Å². The average Bonchev–Trinajstić information content (AvgIpc) is 2.34. The number of carbonyl (C=O) groups excluding carboxylic acids is 1. The van der Waals surface area contributed by atoms with Crippen molar-refractivity contribution in [2.45, 2.75) is 64.9 Å². The minimum atomic E-state index is -0.415. The zero-order valence-electron chi connectivity index (χ0n) is 13.6. The third-order valence-corrected chi connectivity index (χ3v) is 4.82. The van der Waals surface area contributed by atoms with E-state index in [-0.39, 0.29) is 65.3 Å². The largest absolute Gasteiger partial charge is 0 e. The Kier molecular flexibility index (Phi) is 18.8. The number of unbranched alkanes of at least 4 members (excludes halogenated alkanes) is 4. The molecule has 0 heterocycles. The van der Waals surface area contributed by atoms with Crippen LogP contribution in [0.2, 0.25) is 0 Å². The summed E-state index contributed by atoms with van der Waals surface area (Å²) in [6, 6.07) is 0. The molecule has 0 unspecified atom stereocenters. The summed E-state index contributed by atoms with van der Waals surface area (Å²) in [4.78, 5) is 11.4. The standard InChI is InChI=1S/C15H31IN2O2.Ho/c1-5-6-7-8-9-11-16-18-13-10-12-17-14(19)20-15(2,3)4;/h18H,1,5-13H2,2-4H3,(H,17,19);/q-2;. The number of alkyl carbamates (subject to hydrolysis) is 1. The first kappa shape index (κ1) is 24.5. The Labute approximate surface area is 171 Å². The van der Waals surface area contributed by atoms with Gasteiger partial charge in [0.15, 0.2) is 0 Å². The molecular formula is C15H31HoIN2O2-2. The van der Waals surface area contributed by atoms with Crippen molar-refractivity contribution in [3.8, 4) is 0 Å². The van der Waals surface area contributed by atoms with Crippen molar-refractivity contribution in [2.75, 3.05) is 17.5 Å². The first-order valence-corrected chi connectivity index (χ1v) is 10.1. The van der Waals surface area contributed by atoms with Gasteiger partial charge in [0.1, 0.15) is 0 Å². The summed E-state index contributed by atoms with van der Waals surface area (Å²) < 4.78 is 10.0. The van der Waals surface area contributed by atoms with Crippen LogP contribution in [0.5, 0.6) is 0 Å². The van der Waals surface area contributed by atoms with Gasteiger partial charge in [-0.3, -0.25) is 0 Å². The van der Waals surface area contributed by atoms with E-state index in [1.807, 2.05) is 20.8 Å². The predicted molar refractivity (Wildman–Crippen MR) is 80.2 cm³/mol. The number of hydrogen-bond acceptors (Lipinski definition) is 3. The number of hydrogen-bond donors (Lipinski definition) is 2. The van der Waals surface area contributed by atoms with E-state index in [4.69, 9.17) is 4.74 Å². The fraction of sp³-hybridized carbons (Fsp3) is 0.867. The van der Waals surface area contributed by atoms with Gasteiger partial charge in [-0.2, -0.15) is 0 Å². The molecule has 1 radical (unpaired) electrons. The molecule has 0 aromatic heterocycles. The number of halogens is 1. The van der Waals surface area contributed by atoms with E-state index in [0.29, 0.717) is 6.54 Å². The summed E-state index contributed by atoms with van der Waals surface area (Å²) in [7, 11) is 0. The molecule has 0 atom stereocenters. The fourth-order valence-corrected chi connectivity index (χ4v) is 3.55. The zero-order chi connectivity index (χ0) is 15.3. The number of alkyl halides is 1. The molecule has 0 rings (SSSR count). The molecular weight excluding hydrogens is 532 g/mol. The maximum absolute atomic E-state index is 11.4. The van der Waals surface area contributed by atoms with Crippen LogP contribution in [0.3, 0.4) is 0 Å². The number of amides is 1. The molecule has 0 saturated carbocycles. The van der Waals surface area contributed by atoms with Crippen LogP contribution in [-0.4, -0.2) is 29.2 Å². The van der Waals surface area contributed by atoms with E-state index < -0.39 is 5.60 Å². The molecule has 0 spiro atoms. The second-order valence-electron chi connectivity index (χ2n) is 5.76. The van der Waals surface area contributed by atoms with E-state index in [9.17, 15) is 4.79 Å². The first-order valence-electron chi connectivity index (χ1n) is 7.53. The van der Waals surface area contributed by atoms with E-state index >= 15 is 0 Å². The van der Waals surface area contributed by atoms with Crippen LogP contribution in [0, 0.1) is 44.7 Å². The molecule has 0 bridgehead atoms. The van der Waals surface area contributed by atoms with Gasteiger partial charge in [-0.15, -0.1) is 0 Å². The van der Waals surface area contributed by atoms with Crippen molar-refractivity contribution in [1.29, 1.82) is 0 Å². The molecule has 0 aliphatic carbocycles. The van der Waals surface area contributed by atoms with Crippen molar-refractivity contribution >= 4 is 6.09 Å². The van der Waals surface area contributed by atoms with Gasteiger partial charge in [-0.1, -0.05) is 0 Å². The van der Waals surface area contributed by atoms with Crippen LogP contribution in [0.1, 0.15) is 59.3 Å². The molecule has 133 valence electrons. The molecule has 0 saturated heterocycles. The van der Waals surface area contributed by atoms with Crippen molar-refractivity contribution in [3.63, 3.8) is 0 Å². The topological polar surface area (TPSA) is 50.4 Å². The molecule has 1 amide bonds. The molecule has 4 nitrogen and oxygen atoms in total. The Balaban J connectivity index is 0. The van der Waals surface area contributed by atoms with E-state index in [1.165, 1.54) is 30.1 Å². The molecule has 2 N–H and O–H groups in total. The van der Waals surface area contributed by atoms with Gasteiger partial charge < -0.3 is 0 Å². The van der Waals surface area contributed by atoms with Crippen LogP contribution in [-0.2, 0) is 4.74 Å². The molecule has 6 heteroatoms. The van der Waals surface area contributed by atoms with Crippen LogP contribution in [0.25, 0.3) is 0 Å². The fourth-order valence-electron chi connectivity index (χ4n) is 1.49. The monoisotopic (exact) mass is 563 g/mol. The van der Waals surface area contributed by atoms with E-state index in [1.54, 1.807) is 0 Å². The molecule has 0 aliphatic heterocycles. The first-order chi connectivity index (χ1) is 9.45. The van der Waals surface area contributed by atoms with Crippen LogP contribution < -0.4 is 30.3 Å². The Morgan fingerprint density at radius 2 is 1.76 bits per heavy atom. The summed E-state index contributed by atoms with van der Waals surface area (Å²) in [5, 5.41) is 2.77. The second kappa shape index (κ2) is 16.1. The smallest absolute Gasteiger partial charge is 0 e. The number of rotatable bonds is 11. The Morgan fingerprint density at radius 3 is 2.38 bits per heavy atom. The third-order valence-electron chi connectivity index (χ3n) is 2.44. The molecule has 0 aliphatic rings. The Bertz CT molecular complexity index is 248. The normalized spacial score (nSPS) is 11.0. The number of ether oxygens (including phenoxy) is 1. The van der Waals surface area contributed by atoms with Crippen molar-refractivity contribution < 1.29 is 68.7 Å². The second-order valence-corrected chi connectivity index (χ2v) is 8.36. The maximum atomic E-state index is 11.4. The SMILES string of the molecule is [CH2-]CCCCCC[I-]NCCCNC(=O)OC(C)(C)C.[Ho]. The van der Waals surface area contributed by atoms with Gasteiger partial charge in [0.2, 0.25) is 0 Å². The summed E-state index contributed by atoms with van der Waals surface area (Å²) in [5.74, 6) is 0. The van der Waals surface area contributed by atoms with Gasteiger partial charge in [-0.25, -0.2) is 0 Å². The van der Waals surface area contributed by atoms with Gasteiger partial charge in [0.25, 0.3) is 0 Å². The molecule has 0 fully saturated rings. The Hall–Kier alpha value is 1.22. The molecule has 0 aromatic rings.